The fourth-order valence-electron chi connectivity index (χ4n) is 0.935. The van der Waals surface area contributed by atoms with Crippen LogP contribution in [0.25, 0.3) is 0 Å². The summed E-state index contributed by atoms with van der Waals surface area (Å²) in [6.07, 6.45) is 7.13. The van der Waals surface area contributed by atoms with Crippen molar-refractivity contribution in [2.75, 3.05) is 7.11 Å². The Morgan fingerprint density at radius 2 is 1.56 bits per heavy atom. The van der Waals surface area contributed by atoms with E-state index >= 15 is 0 Å². The van der Waals surface area contributed by atoms with Gasteiger partial charge in [0.05, 0.1) is 7.11 Å². The van der Waals surface area contributed by atoms with Crippen LogP contribution in [-0.4, -0.2) is 7.11 Å². The van der Waals surface area contributed by atoms with Crippen LogP contribution in [0.5, 0.6) is 0 Å². The lowest BCUT2D eigenvalue weighted by Crippen LogP contribution is -1.94. The average Bonchev–Trinajstić information content (AvgIpc) is 1.94. The largest absolute Gasteiger partial charge is 0.240 e. The Morgan fingerprint density at radius 1 is 1.11 bits per heavy atom. The molecule has 1 aliphatic carbocycles. The first-order valence-corrected chi connectivity index (χ1v) is 4.38. The van der Waals surface area contributed by atoms with Crippen molar-refractivity contribution in [2.24, 2.45) is 0 Å². The van der Waals surface area contributed by atoms with Crippen LogP contribution in [0, 0.1) is 3.92 Å². The molecule has 2 heteroatoms. The summed E-state index contributed by atoms with van der Waals surface area (Å²) in [6.45, 7) is 0. The first-order chi connectivity index (χ1) is 4.39. The van der Waals surface area contributed by atoms with E-state index in [1.54, 1.807) is 3.92 Å². The van der Waals surface area contributed by atoms with E-state index < -0.39 is 0 Å². The summed E-state index contributed by atoms with van der Waals surface area (Å²) in [7, 11) is 0.750. The van der Waals surface area contributed by atoms with Crippen molar-refractivity contribution in [3.05, 3.63) is 3.92 Å². The first-order valence-electron chi connectivity index (χ1n) is 3.30. The van der Waals surface area contributed by atoms with Crippen molar-refractivity contribution in [3.63, 3.8) is 0 Å². The Bertz CT molecular complexity index is 50.9. The first kappa shape index (κ1) is 9.69. The summed E-state index contributed by atoms with van der Waals surface area (Å²) in [5.41, 5.74) is 0. The summed E-state index contributed by atoms with van der Waals surface area (Å²) in [4.78, 5) is 0. The second kappa shape index (κ2) is 6.81. The van der Waals surface area contributed by atoms with Crippen molar-refractivity contribution >= 4 is 22.6 Å². The van der Waals surface area contributed by atoms with Crippen LogP contribution in [0.2, 0.25) is 0 Å². The number of rotatable bonds is 0. The highest BCUT2D eigenvalue weighted by Crippen LogP contribution is 2.30. The molecule has 9 heavy (non-hydrogen) atoms. The van der Waals surface area contributed by atoms with Crippen LogP contribution >= 0.6 is 22.6 Å². The molecule has 0 aromatic rings. The molecule has 1 aliphatic rings. The highest BCUT2D eigenvalue weighted by atomic mass is 127. The summed E-state index contributed by atoms with van der Waals surface area (Å²) < 4.78 is 1.68. The average molecular weight is 240 g/mol. The fraction of sp³-hybridized carbons (Fsp3) is 0.857. The quantitative estimate of drug-likeness (QED) is 0.580. The third-order valence-corrected chi connectivity index (χ3v) is 2.47. The normalized spacial score (nSPS) is 20.3. The minimum Gasteiger partial charge on any atom is -0.240 e. The van der Waals surface area contributed by atoms with Gasteiger partial charge in [0.2, 0.25) is 0 Å². The molecule has 1 fully saturated rings. The van der Waals surface area contributed by atoms with Gasteiger partial charge >= 0.3 is 0 Å². The molecule has 0 N–H and O–H groups in total. The Hall–Kier alpha value is 0.690. The van der Waals surface area contributed by atoms with E-state index in [4.69, 9.17) is 5.11 Å². The molecule has 1 saturated carbocycles. The van der Waals surface area contributed by atoms with E-state index in [0.717, 1.165) is 7.11 Å². The molecule has 1 rings (SSSR count). The zero-order chi connectivity index (χ0) is 7.11. The zero-order valence-corrected chi connectivity index (χ0v) is 7.98. The SMILES string of the molecule is C[O].I[C]1CCCCC1. The van der Waals surface area contributed by atoms with Crippen LogP contribution in [-0.2, 0) is 5.11 Å². The number of hydrogen-bond donors (Lipinski definition) is 0. The van der Waals surface area contributed by atoms with Crippen molar-refractivity contribution in [3.8, 4) is 0 Å². The topological polar surface area (TPSA) is 19.9 Å². The molecule has 0 atom stereocenters. The lowest BCUT2D eigenvalue weighted by atomic mass is 10.0. The van der Waals surface area contributed by atoms with Crippen molar-refractivity contribution < 1.29 is 5.11 Å². The van der Waals surface area contributed by atoms with Crippen LogP contribution in [0.15, 0.2) is 0 Å². The van der Waals surface area contributed by atoms with Gasteiger partial charge in [0, 0.05) is 3.92 Å². The van der Waals surface area contributed by atoms with Gasteiger partial charge in [-0.1, -0.05) is 41.9 Å². The lowest BCUT2D eigenvalue weighted by Gasteiger charge is -2.13. The van der Waals surface area contributed by atoms with Gasteiger partial charge in [-0.05, 0) is 12.8 Å². The summed E-state index contributed by atoms with van der Waals surface area (Å²) in [5, 5.41) is 8.25. The molecule has 0 bridgehead atoms. The van der Waals surface area contributed by atoms with E-state index in [1.807, 2.05) is 0 Å². The molecule has 0 aromatic heterocycles. The number of halogens is 1. The Balaban J connectivity index is 0.000000291. The molecular weight excluding hydrogens is 227 g/mol. The van der Waals surface area contributed by atoms with Gasteiger partial charge in [-0.3, -0.25) is 0 Å². The Morgan fingerprint density at radius 3 is 1.78 bits per heavy atom. The van der Waals surface area contributed by atoms with Crippen LogP contribution in [0.1, 0.15) is 32.1 Å². The fourth-order valence-corrected chi connectivity index (χ4v) is 1.70. The van der Waals surface area contributed by atoms with Gasteiger partial charge in [-0.2, -0.15) is 0 Å². The standard InChI is InChI=1S/C6H10I.CH3O/c7-6-4-2-1-3-5-6;1-2/h1-5H2;1H3. The van der Waals surface area contributed by atoms with Crippen molar-refractivity contribution in [1.29, 1.82) is 0 Å². The van der Waals surface area contributed by atoms with Gasteiger partial charge in [-0.15, -0.1) is 0 Å². The van der Waals surface area contributed by atoms with Gasteiger partial charge in [0.25, 0.3) is 0 Å². The van der Waals surface area contributed by atoms with Crippen LogP contribution < -0.4 is 0 Å². The zero-order valence-electron chi connectivity index (χ0n) is 5.82. The van der Waals surface area contributed by atoms with E-state index in [9.17, 15) is 0 Å². The molecule has 2 radical (unpaired) electrons. The Kier molecular flexibility index (Phi) is 7.33. The third-order valence-electron chi connectivity index (χ3n) is 1.40. The lowest BCUT2D eigenvalue weighted by molar-refractivity contribution is 0.282. The molecule has 0 aromatic carbocycles. The van der Waals surface area contributed by atoms with E-state index in [2.05, 4.69) is 22.6 Å². The summed E-state index contributed by atoms with van der Waals surface area (Å²) >= 11 is 2.47. The van der Waals surface area contributed by atoms with E-state index in [-0.39, 0.29) is 0 Å². The maximum Gasteiger partial charge on any atom is 0.0712 e. The van der Waals surface area contributed by atoms with E-state index in [1.165, 1.54) is 32.1 Å². The molecule has 0 spiro atoms. The Labute approximate surface area is 71.0 Å². The van der Waals surface area contributed by atoms with Gasteiger partial charge in [0.1, 0.15) is 0 Å². The number of hydrogen-bond acceptors (Lipinski definition) is 0. The smallest absolute Gasteiger partial charge is 0.0712 e. The maximum absolute atomic E-state index is 8.25. The molecule has 0 aliphatic heterocycles. The van der Waals surface area contributed by atoms with Crippen LogP contribution in [0.4, 0.5) is 0 Å². The molecule has 54 valence electrons. The van der Waals surface area contributed by atoms with E-state index in [0.29, 0.717) is 0 Å². The summed E-state index contributed by atoms with van der Waals surface area (Å²) in [6, 6.07) is 0. The molecule has 1 nitrogen and oxygen atoms in total. The molecule has 0 unspecified atom stereocenters. The predicted molar refractivity (Wildman–Crippen MR) is 47.0 cm³/mol. The molecule has 0 amide bonds. The van der Waals surface area contributed by atoms with Crippen molar-refractivity contribution in [1.82, 2.24) is 0 Å². The van der Waals surface area contributed by atoms with Gasteiger partial charge in [-0.25, -0.2) is 5.11 Å². The summed E-state index contributed by atoms with van der Waals surface area (Å²) in [5.74, 6) is 0. The third kappa shape index (κ3) is 5.15. The molecule has 0 heterocycles. The minimum atomic E-state index is 0.750. The highest BCUT2D eigenvalue weighted by Gasteiger charge is 2.08. The highest BCUT2D eigenvalue weighted by molar-refractivity contribution is 14.1. The minimum absolute atomic E-state index is 0.750. The van der Waals surface area contributed by atoms with Gasteiger partial charge < -0.3 is 0 Å². The molecule has 0 saturated heterocycles. The monoisotopic (exact) mass is 240 g/mol. The second-order valence-corrected chi connectivity index (χ2v) is 3.60. The molecular formula is C7H13IO. The van der Waals surface area contributed by atoms with Crippen molar-refractivity contribution in [2.45, 2.75) is 32.1 Å². The van der Waals surface area contributed by atoms with Crippen LogP contribution in [0.3, 0.4) is 0 Å². The predicted octanol–water partition coefficient (Wildman–Crippen LogP) is 2.96. The second-order valence-electron chi connectivity index (χ2n) is 2.08. The maximum atomic E-state index is 8.25. The van der Waals surface area contributed by atoms with Gasteiger partial charge in [0.15, 0.2) is 0 Å².